The van der Waals surface area contributed by atoms with E-state index in [2.05, 4.69) is 39.4 Å². The summed E-state index contributed by atoms with van der Waals surface area (Å²) in [5, 5.41) is 14.7. The molecular weight excluding hydrogens is 544 g/mol. The number of nitrogens with zero attached hydrogens (tertiary/aromatic N) is 1. The van der Waals surface area contributed by atoms with E-state index in [0.717, 1.165) is 16.3 Å². The lowest BCUT2D eigenvalue weighted by Gasteiger charge is -2.15. The van der Waals surface area contributed by atoms with Crippen molar-refractivity contribution in [2.24, 2.45) is 0 Å². The van der Waals surface area contributed by atoms with Crippen molar-refractivity contribution in [2.75, 3.05) is 18.5 Å². The first-order valence-electron chi connectivity index (χ1n) is 12.2. The highest BCUT2D eigenvalue weighted by Gasteiger charge is 2.15. The fraction of sp³-hybridized carbons (Fsp3) is 0.161. The molecule has 0 heterocycles. The van der Waals surface area contributed by atoms with Gasteiger partial charge in [-0.25, -0.2) is 0 Å². The van der Waals surface area contributed by atoms with Crippen molar-refractivity contribution >= 4 is 44.4 Å². The van der Waals surface area contributed by atoms with Gasteiger partial charge in [0.15, 0.2) is 11.5 Å². The van der Waals surface area contributed by atoms with Crippen molar-refractivity contribution < 1.29 is 19.0 Å². The second kappa shape index (κ2) is 12.8. The van der Waals surface area contributed by atoms with E-state index >= 15 is 0 Å². The minimum absolute atomic E-state index is 0.0496. The Bertz CT molecular complexity index is 1500. The van der Waals surface area contributed by atoms with E-state index < -0.39 is 5.91 Å². The Hall–Kier alpha value is -4.28. The topological polar surface area (TPSA) is 80.6 Å². The third-order valence-electron chi connectivity index (χ3n) is 5.71. The Morgan fingerprint density at radius 2 is 1.63 bits per heavy atom. The van der Waals surface area contributed by atoms with Gasteiger partial charge < -0.3 is 19.5 Å². The van der Waals surface area contributed by atoms with Crippen LogP contribution in [0.5, 0.6) is 17.2 Å². The summed E-state index contributed by atoms with van der Waals surface area (Å²) in [7, 11) is 0. The summed E-state index contributed by atoms with van der Waals surface area (Å²) in [6.07, 6.45) is 1.52. The largest absolute Gasteiger partial charge is 0.494 e. The summed E-state index contributed by atoms with van der Waals surface area (Å²) < 4.78 is 18.1. The molecule has 192 valence electrons. The van der Waals surface area contributed by atoms with Gasteiger partial charge in [-0.2, -0.15) is 5.26 Å². The van der Waals surface area contributed by atoms with Crippen molar-refractivity contribution in [3.8, 4) is 23.3 Å². The lowest BCUT2D eigenvalue weighted by Crippen LogP contribution is -2.13. The van der Waals surface area contributed by atoms with Crippen LogP contribution >= 0.6 is 15.9 Å². The van der Waals surface area contributed by atoms with Gasteiger partial charge >= 0.3 is 0 Å². The molecule has 4 aromatic carbocycles. The number of halogens is 1. The van der Waals surface area contributed by atoms with Crippen LogP contribution < -0.4 is 19.5 Å². The van der Waals surface area contributed by atoms with E-state index in [4.69, 9.17) is 14.2 Å². The lowest BCUT2D eigenvalue weighted by molar-refractivity contribution is -0.112. The van der Waals surface area contributed by atoms with E-state index in [1.165, 1.54) is 6.08 Å². The summed E-state index contributed by atoms with van der Waals surface area (Å²) in [4.78, 5) is 12.8. The molecule has 0 saturated heterocycles. The average Bonchev–Trinajstić information content (AvgIpc) is 2.93. The zero-order chi connectivity index (χ0) is 26.9. The molecule has 0 aliphatic rings. The molecule has 0 unspecified atom stereocenters. The first kappa shape index (κ1) is 26.8. The first-order chi connectivity index (χ1) is 18.5. The van der Waals surface area contributed by atoms with Crippen LogP contribution in [0, 0.1) is 11.3 Å². The smallest absolute Gasteiger partial charge is 0.266 e. The summed E-state index contributed by atoms with van der Waals surface area (Å²) in [6.45, 7) is 5.13. The fourth-order valence-electron chi connectivity index (χ4n) is 3.92. The predicted molar refractivity (Wildman–Crippen MR) is 153 cm³/mol. The minimum Gasteiger partial charge on any atom is -0.494 e. The third kappa shape index (κ3) is 6.53. The van der Waals surface area contributed by atoms with Crippen LogP contribution in [0.4, 0.5) is 5.69 Å². The first-order valence-corrected chi connectivity index (χ1v) is 13.0. The molecule has 0 radical (unpaired) electrons. The van der Waals surface area contributed by atoms with Gasteiger partial charge in [-0.1, -0.05) is 58.4 Å². The van der Waals surface area contributed by atoms with Crippen LogP contribution in [0.1, 0.15) is 25.0 Å². The number of rotatable bonds is 10. The number of nitriles is 1. The molecule has 0 aromatic heterocycles. The molecule has 0 fully saturated rings. The van der Waals surface area contributed by atoms with E-state index in [1.54, 1.807) is 36.4 Å². The molecule has 0 aliphatic carbocycles. The molecule has 0 bridgehead atoms. The summed E-state index contributed by atoms with van der Waals surface area (Å²) >= 11 is 3.56. The van der Waals surface area contributed by atoms with E-state index in [1.807, 2.05) is 44.2 Å². The van der Waals surface area contributed by atoms with Gasteiger partial charge in [0, 0.05) is 10.2 Å². The van der Waals surface area contributed by atoms with E-state index in [0.29, 0.717) is 52.8 Å². The van der Waals surface area contributed by atoms with Crippen LogP contribution in [0.3, 0.4) is 0 Å². The zero-order valence-electron chi connectivity index (χ0n) is 21.2. The summed E-state index contributed by atoms with van der Waals surface area (Å²) in [5.41, 5.74) is 2.19. The molecule has 0 spiro atoms. The van der Waals surface area contributed by atoms with Crippen molar-refractivity contribution in [3.63, 3.8) is 0 Å². The SMILES string of the molecule is CCOc1ccc(NC(=O)/C(C#N)=C/c2cc(OCC)c(OCc3cccc4ccccc34)cc2Br)cc1. The number of nitrogens with one attached hydrogen (secondary N) is 1. The number of carbonyl (C=O) groups excluding carboxylic acids is 1. The predicted octanol–water partition coefficient (Wildman–Crippen LogP) is 7.52. The van der Waals surface area contributed by atoms with Crippen LogP contribution in [0.2, 0.25) is 0 Å². The van der Waals surface area contributed by atoms with E-state index in [9.17, 15) is 10.1 Å². The van der Waals surface area contributed by atoms with Crippen LogP contribution in [0.15, 0.2) is 88.9 Å². The van der Waals surface area contributed by atoms with Crippen molar-refractivity contribution in [1.29, 1.82) is 5.26 Å². The second-order valence-corrected chi connectivity index (χ2v) is 9.12. The summed E-state index contributed by atoms with van der Waals surface area (Å²) in [6, 6.07) is 26.8. The van der Waals surface area contributed by atoms with Gasteiger partial charge in [-0.3, -0.25) is 4.79 Å². The van der Waals surface area contributed by atoms with Crippen molar-refractivity contribution in [2.45, 2.75) is 20.5 Å². The quantitative estimate of drug-likeness (QED) is 0.157. The van der Waals surface area contributed by atoms with Gasteiger partial charge in [0.05, 0.1) is 13.2 Å². The van der Waals surface area contributed by atoms with Crippen LogP contribution in [0.25, 0.3) is 16.8 Å². The Balaban J connectivity index is 1.55. The van der Waals surface area contributed by atoms with Gasteiger partial charge in [-0.15, -0.1) is 0 Å². The number of anilines is 1. The molecule has 0 aliphatic heterocycles. The lowest BCUT2D eigenvalue weighted by atomic mass is 10.1. The molecule has 0 saturated carbocycles. The van der Waals surface area contributed by atoms with Crippen molar-refractivity contribution in [3.05, 3.63) is 100 Å². The standard InChI is InChI=1S/C31H27BrN2O4/c1-3-36-26-14-12-25(13-15-26)34-31(35)24(19-33)16-23-17-29(37-4-2)30(18-28(23)32)38-20-22-10-7-9-21-8-5-6-11-27(21)22/h5-18H,3-4,20H2,1-2H3,(H,34,35)/b24-16+. The molecule has 38 heavy (non-hydrogen) atoms. The maximum absolute atomic E-state index is 12.8. The Morgan fingerprint density at radius 3 is 2.37 bits per heavy atom. The highest BCUT2D eigenvalue weighted by atomic mass is 79.9. The molecule has 1 amide bonds. The van der Waals surface area contributed by atoms with Crippen molar-refractivity contribution in [1.82, 2.24) is 0 Å². The average molecular weight is 571 g/mol. The van der Waals surface area contributed by atoms with E-state index in [-0.39, 0.29) is 5.57 Å². The second-order valence-electron chi connectivity index (χ2n) is 8.26. The monoisotopic (exact) mass is 570 g/mol. The third-order valence-corrected chi connectivity index (χ3v) is 6.40. The highest BCUT2D eigenvalue weighted by Crippen LogP contribution is 2.36. The van der Waals surface area contributed by atoms with Crippen LogP contribution in [-0.2, 0) is 11.4 Å². The normalized spacial score (nSPS) is 11.1. The molecule has 6 nitrogen and oxygen atoms in total. The molecule has 1 N–H and O–H groups in total. The fourth-order valence-corrected chi connectivity index (χ4v) is 4.36. The maximum Gasteiger partial charge on any atom is 0.266 e. The Labute approximate surface area is 230 Å². The Morgan fingerprint density at radius 1 is 0.921 bits per heavy atom. The highest BCUT2D eigenvalue weighted by molar-refractivity contribution is 9.10. The molecule has 7 heteroatoms. The number of hydrogen-bond donors (Lipinski definition) is 1. The number of hydrogen-bond acceptors (Lipinski definition) is 5. The number of benzene rings is 4. The number of carbonyl (C=O) groups is 1. The van der Waals surface area contributed by atoms with Gasteiger partial charge in [0.2, 0.25) is 0 Å². The minimum atomic E-state index is -0.516. The zero-order valence-corrected chi connectivity index (χ0v) is 22.7. The summed E-state index contributed by atoms with van der Waals surface area (Å²) in [5.74, 6) is 1.27. The Kier molecular flexibility index (Phi) is 9.02. The number of fused-ring (bicyclic) bond motifs is 1. The van der Waals surface area contributed by atoms with Gasteiger partial charge in [-0.05, 0) is 78.2 Å². The molecule has 4 aromatic rings. The van der Waals surface area contributed by atoms with Gasteiger partial charge in [0.1, 0.15) is 24.0 Å². The molecule has 4 rings (SSSR count). The van der Waals surface area contributed by atoms with Gasteiger partial charge in [0.25, 0.3) is 5.91 Å². The van der Waals surface area contributed by atoms with Crippen LogP contribution in [-0.4, -0.2) is 19.1 Å². The molecule has 0 atom stereocenters. The maximum atomic E-state index is 12.8. The number of amides is 1. The number of ether oxygens (including phenoxy) is 3. The molecular formula is C31H27BrN2O4.